The van der Waals surface area contributed by atoms with Gasteiger partial charge in [-0.1, -0.05) is 35.3 Å². The number of nitrogens with one attached hydrogen (secondary N) is 1. The van der Waals surface area contributed by atoms with Gasteiger partial charge in [-0.2, -0.15) is 5.26 Å². The normalized spacial score (nSPS) is 10.9. The molecule has 3 aromatic rings. The summed E-state index contributed by atoms with van der Waals surface area (Å²) in [7, 11) is 0. The molecular weight excluding hydrogens is 485 g/mol. The van der Waals surface area contributed by atoms with Crippen molar-refractivity contribution >= 4 is 52.5 Å². The zero-order valence-corrected chi connectivity index (χ0v) is 19.0. The first-order valence-electron chi connectivity index (χ1n) is 9.67. The van der Waals surface area contributed by atoms with Gasteiger partial charge in [0.15, 0.2) is 0 Å². The van der Waals surface area contributed by atoms with E-state index < -0.39 is 16.8 Å². The molecular formula is C23H15Cl2N3O6. The molecule has 11 heteroatoms. The van der Waals surface area contributed by atoms with Crippen LogP contribution in [0.15, 0.2) is 58.5 Å². The van der Waals surface area contributed by atoms with E-state index in [0.717, 1.165) is 12.1 Å². The van der Waals surface area contributed by atoms with Crippen molar-refractivity contribution in [3.63, 3.8) is 0 Å². The molecule has 0 saturated heterocycles. The number of carbonyl (C=O) groups excluding carboxylic acids is 2. The van der Waals surface area contributed by atoms with Gasteiger partial charge in [-0.15, -0.1) is 0 Å². The van der Waals surface area contributed by atoms with Gasteiger partial charge in [-0.05, 0) is 31.2 Å². The predicted octanol–water partition coefficient (Wildman–Crippen LogP) is 5.88. The van der Waals surface area contributed by atoms with E-state index in [1.165, 1.54) is 6.08 Å². The SMILES string of the molecule is CCOC(=O)c1ccc(-c2ccc(/C=C(\C#N)C(=O)Nc3c(Cl)cc([N+](=O)[O-])cc3Cl)o2)cc1. The third-order valence-corrected chi connectivity index (χ3v) is 5.03. The van der Waals surface area contributed by atoms with E-state index in [-0.39, 0.29) is 39.4 Å². The van der Waals surface area contributed by atoms with Gasteiger partial charge in [0.05, 0.1) is 32.8 Å². The lowest BCUT2D eigenvalue weighted by Gasteiger charge is -2.08. The smallest absolute Gasteiger partial charge is 0.338 e. The topological polar surface area (TPSA) is 135 Å². The average Bonchev–Trinajstić information content (AvgIpc) is 3.28. The summed E-state index contributed by atoms with van der Waals surface area (Å²) in [5.41, 5.74) is 0.331. The monoisotopic (exact) mass is 499 g/mol. The number of carbonyl (C=O) groups is 2. The van der Waals surface area contributed by atoms with Crippen molar-refractivity contribution in [1.82, 2.24) is 0 Å². The number of amides is 1. The van der Waals surface area contributed by atoms with Crippen molar-refractivity contribution in [2.75, 3.05) is 11.9 Å². The zero-order chi connectivity index (χ0) is 24.8. The minimum Gasteiger partial charge on any atom is -0.462 e. The minimum absolute atomic E-state index is 0.0677. The fraction of sp³-hybridized carbons (Fsp3) is 0.0870. The van der Waals surface area contributed by atoms with Crippen LogP contribution in [0.2, 0.25) is 10.0 Å². The molecule has 0 atom stereocenters. The maximum absolute atomic E-state index is 12.6. The van der Waals surface area contributed by atoms with Crippen LogP contribution in [-0.2, 0) is 9.53 Å². The van der Waals surface area contributed by atoms with Crippen LogP contribution in [-0.4, -0.2) is 23.4 Å². The van der Waals surface area contributed by atoms with Crippen LogP contribution in [0.4, 0.5) is 11.4 Å². The summed E-state index contributed by atoms with van der Waals surface area (Å²) in [6.45, 7) is 1.99. The summed E-state index contributed by atoms with van der Waals surface area (Å²) in [6, 6.07) is 13.6. The number of halogens is 2. The van der Waals surface area contributed by atoms with E-state index in [4.69, 9.17) is 32.4 Å². The molecule has 2 aromatic carbocycles. The third kappa shape index (κ3) is 5.61. The third-order valence-electron chi connectivity index (χ3n) is 4.44. The van der Waals surface area contributed by atoms with Gasteiger partial charge >= 0.3 is 5.97 Å². The first-order valence-corrected chi connectivity index (χ1v) is 10.4. The molecule has 0 saturated carbocycles. The molecule has 1 amide bonds. The largest absolute Gasteiger partial charge is 0.462 e. The lowest BCUT2D eigenvalue weighted by Crippen LogP contribution is -2.14. The van der Waals surface area contributed by atoms with Gasteiger partial charge in [-0.3, -0.25) is 14.9 Å². The van der Waals surface area contributed by atoms with Crippen LogP contribution in [0.25, 0.3) is 17.4 Å². The Morgan fingerprint density at radius 3 is 2.38 bits per heavy atom. The van der Waals surface area contributed by atoms with E-state index in [2.05, 4.69) is 5.32 Å². The molecule has 0 aliphatic rings. The van der Waals surface area contributed by atoms with Crippen LogP contribution in [0.5, 0.6) is 0 Å². The number of nitrogens with zero attached hydrogens (tertiary/aromatic N) is 2. The molecule has 9 nitrogen and oxygen atoms in total. The summed E-state index contributed by atoms with van der Waals surface area (Å²) in [4.78, 5) is 34.5. The molecule has 172 valence electrons. The number of furan rings is 1. The highest BCUT2D eigenvalue weighted by molar-refractivity contribution is 6.40. The maximum atomic E-state index is 12.6. The number of rotatable bonds is 7. The second-order valence-electron chi connectivity index (χ2n) is 6.67. The summed E-state index contributed by atoms with van der Waals surface area (Å²) in [5, 5.41) is 22.4. The van der Waals surface area contributed by atoms with Crippen LogP contribution in [0, 0.1) is 21.4 Å². The molecule has 0 spiro atoms. The van der Waals surface area contributed by atoms with Crippen molar-refractivity contribution in [1.29, 1.82) is 5.26 Å². The Bertz CT molecular complexity index is 1320. The van der Waals surface area contributed by atoms with E-state index in [1.807, 2.05) is 0 Å². The van der Waals surface area contributed by atoms with Crippen molar-refractivity contribution in [2.45, 2.75) is 6.92 Å². The second-order valence-corrected chi connectivity index (χ2v) is 7.48. The number of non-ortho nitro benzene ring substituents is 1. The van der Waals surface area contributed by atoms with E-state index >= 15 is 0 Å². The van der Waals surface area contributed by atoms with Crippen LogP contribution in [0.3, 0.4) is 0 Å². The van der Waals surface area contributed by atoms with Gasteiger partial charge in [0.2, 0.25) is 0 Å². The number of ether oxygens (including phenoxy) is 1. The molecule has 0 radical (unpaired) electrons. The average molecular weight is 500 g/mol. The van der Waals surface area contributed by atoms with E-state index in [9.17, 15) is 25.0 Å². The Morgan fingerprint density at radius 1 is 1.18 bits per heavy atom. The molecule has 3 rings (SSSR count). The first kappa shape index (κ1) is 24.5. The zero-order valence-electron chi connectivity index (χ0n) is 17.5. The summed E-state index contributed by atoms with van der Waals surface area (Å²) in [5.74, 6) is -0.607. The number of hydrogen-bond acceptors (Lipinski definition) is 7. The van der Waals surface area contributed by atoms with Crippen LogP contribution >= 0.6 is 23.2 Å². The van der Waals surface area contributed by atoms with E-state index in [0.29, 0.717) is 16.9 Å². The van der Waals surface area contributed by atoms with Gasteiger partial charge in [-0.25, -0.2) is 4.79 Å². The maximum Gasteiger partial charge on any atom is 0.338 e. The lowest BCUT2D eigenvalue weighted by atomic mass is 10.1. The molecule has 34 heavy (non-hydrogen) atoms. The quantitative estimate of drug-likeness (QED) is 0.141. The van der Waals surface area contributed by atoms with Crippen LogP contribution in [0.1, 0.15) is 23.0 Å². The molecule has 0 fully saturated rings. The number of nitriles is 1. The molecule has 1 aromatic heterocycles. The highest BCUT2D eigenvalue weighted by atomic mass is 35.5. The van der Waals surface area contributed by atoms with Crippen molar-refractivity contribution in [2.24, 2.45) is 0 Å². The molecule has 1 heterocycles. The van der Waals surface area contributed by atoms with E-state index in [1.54, 1.807) is 49.4 Å². The van der Waals surface area contributed by atoms with Crippen LogP contribution < -0.4 is 5.32 Å². The molecule has 0 unspecified atom stereocenters. The summed E-state index contributed by atoms with van der Waals surface area (Å²) in [6.07, 6.45) is 1.22. The second kappa shape index (κ2) is 10.7. The number of anilines is 1. The summed E-state index contributed by atoms with van der Waals surface area (Å²) >= 11 is 12.0. The Labute approximate surface area is 203 Å². The van der Waals surface area contributed by atoms with Gasteiger partial charge in [0, 0.05) is 23.8 Å². The molecule has 0 aliphatic heterocycles. The lowest BCUT2D eigenvalue weighted by molar-refractivity contribution is -0.384. The van der Waals surface area contributed by atoms with Gasteiger partial charge in [0.25, 0.3) is 11.6 Å². The number of nitro groups is 1. The Balaban J connectivity index is 1.79. The Morgan fingerprint density at radius 2 is 1.82 bits per heavy atom. The number of nitro benzene ring substituents is 1. The highest BCUT2D eigenvalue weighted by Crippen LogP contribution is 2.35. The fourth-order valence-corrected chi connectivity index (χ4v) is 3.40. The number of esters is 1. The van der Waals surface area contributed by atoms with Gasteiger partial charge < -0.3 is 14.5 Å². The standard InChI is InChI=1S/C23H15Cl2N3O6/c1-2-33-23(30)14-5-3-13(4-6-14)20-8-7-17(34-20)9-15(12-26)22(29)27-21-18(24)10-16(28(31)32)11-19(21)25/h3-11H,2H2,1H3,(H,27,29)/b15-9+. The number of benzene rings is 2. The summed E-state index contributed by atoms with van der Waals surface area (Å²) < 4.78 is 10.6. The Kier molecular flexibility index (Phi) is 7.68. The van der Waals surface area contributed by atoms with Crippen molar-refractivity contribution in [3.05, 3.63) is 85.6 Å². The highest BCUT2D eigenvalue weighted by Gasteiger charge is 2.19. The van der Waals surface area contributed by atoms with Crippen molar-refractivity contribution < 1.29 is 23.7 Å². The van der Waals surface area contributed by atoms with Gasteiger partial charge in [0.1, 0.15) is 23.2 Å². The predicted molar refractivity (Wildman–Crippen MR) is 125 cm³/mol. The van der Waals surface area contributed by atoms with Crippen molar-refractivity contribution in [3.8, 4) is 17.4 Å². The first-order chi connectivity index (χ1) is 16.2. The fourth-order valence-electron chi connectivity index (χ4n) is 2.83. The number of hydrogen-bond donors (Lipinski definition) is 1. The molecule has 0 aliphatic carbocycles. The molecule has 0 bridgehead atoms. The Hall–Kier alpha value is -4.13. The molecule has 1 N–H and O–H groups in total. The minimum atomic E-state index is -0.836.